The Morgan fingerprint density at radius 2 is 2.08 bits per heavy atom. The van der Waals surface area contributed by atoms with E-state index in [-0.39, 0.29) is 5.34 Å². The molecule has 0 saturated carbocycles. The van der Waals surface area contributed by atoms with E-state index >= 15 is 0 Å². The van der Waals surface area contributed by atoms with Crippen molar-refractivity contribution in [1.29, 1.82) is 0 Å². The molecule has 0 N–H and O–H groups in total. The van der Waals surface area contributed by atoms with Crippen molar-refractivity contribution in [2.24, 2.45) is 0 Å². The molecule has 1 aliphatic carbocycles. The van der Waals surface area contributed by atoms with E-state index < -0.39 is 0 Å². The average molecular weight is 207 g/mol. The predicted molar refractivity (Wildman–Crippen MR) is 57.9 cm³/mol. The summed E-state index contributed by atoms with van der Waals surface area (Å²) < 4.78 is 0. The summed E-state index contributed by atoms with van der Waals surface area (Å²) in [6.45, 7) is 2.24. The molecule has 0 bridgehead atoms. The van der Waals surface area contributed by atoms with Gasteiger partial charge < -0.3 is 0 Å². The van der Waals surface area contributed by atoms with Crippen molar-refractivity contribution in [1.82, 2.24) is 0 Å². The second-order valence-corrected chi connectivity index (χ2v) is 3.47. The van der Waals surface area contributed by atoms with Gasteiger partial charge in [-0.15, -0.1) is 23.2 Å². The molecular weight excluding hydrogens is 191 g/mol. The topological polar surface area (TPSA) is 0 Å². The van der Waals surface area contributed by atoms with Crippen molar-refractivity contribution in [3.63, 3.8) is 0 Å². The molecule has 2 heteroatoms. The zero-order valence-corrected chi connectivity index (χ0v) is 9.04. The van der Waals surface area contributed by atoms with Gasteiger partial charge in [-0.25, -0.2) is 0 Å². The minimum Gasteiger partial charge on any atom is -0.109 e. The maximum absolute atomic E-state index is 4.76. The average Bonchev–Trinajstić information content (AvgIpc) is 2.54. The number of alkyl halides is 2. The molecule has 1 aliphatic rings. The highest BCUT2D eigenvalue weighted by molar-refractivity contribution is 6.40. The zero-order valence-electron chi connectivity index (χ0n) is 7.52. The first-order valence-electron chi connectivity index (χ1n) is 4.31. The Balaban J connectivity index is 0.000000354. The minimum atomic E-state index is 0.194. The number of rotatable bonds is 3. The van der Waals surface area contributed by atoms with Crippen LogP contribution in [0, 0.1) is 0 Å². The fraction of sp³-hybridized carbons (Fsp3) is 0.600. The molecule has 0 aromatic heterocycles. The summed E-state index contributed by atoms with van der Waals surface area (Å²) in [5.74, 6) is 0. The summed E-state index contributed by atoms with van der Waals surface area (Å²) >= 11 is 9.53. The van der Waals surface area contributed by atoms with Crippen molar-refractivity contribution in [2.75, 3.05) is 5.34 Å². The van der Waals surface area contributed by atoms with Crippen LogP contribution in [0.1, 0.15) is 32.6 Å². The number of allylic oxidation sites excluding steroid dienone is 4. The fourth-order valence-corrected chi connectivity index (χ4v) is 1.08. The Kier molecular flexibility index (Phi) is 9.20. The first-order chi connectivity index (χ1) is 5.85. The van der Waals surface area contributed by atoms with Crippen LogP contribution in [0.5, 0.6) is 0 Å². The van der Waals surface area contributed by atoms with E-state index in [1.807, 2.05) is 0 Å². The quantitative estimate of drug-likeness (QED) is 0.598. The number of hydrogen-bond donors (Lipinski definition) is 0. The molecule has 0 nitrogen and oxygen atoms in total. The second-order valence-electron chi connectivity index (χ2n) is 2.66. The van der Waals surface area contributed by atoms with Gasteiger partial charge in [-0.1, -0.05) is 37.1 Å². The third-order valence-corrected chi connectivity index (χ3v) is 1.70. The van der Waals surface area contributed by atoms with Gasteiger partial charge in [-0.05, 0) is 19.3 Å². The van der Waals surface area contributed by atoms with Crippen LogP contribution >= 0.6 is 23.2 Å². The highest BCUT2D eigenvalue weighted by Crippen LogP contribution is 2.16. The van der Waals surface area contributed by atoms with Crippen molar-refractivity contribution < 1.29 is 0 Å². The SMILES string of the molecule is CCCCC1=CC=CC1.ClCCl. The Bertz CT molecular complexity index is 148. The molecule has 0 aromatic rings. The van der Waals surface area contributed by atoms with E-state index in [0.717, 1.165) is 0 Å². The van der Waals surface area contributed by atoms with Crippen LogP contribution in [0.25, 0.3) is 0 Å². The van der Waals surface area contributed by atoms with E-state index in [1.165, 1.54) is 25.7 Å². The van der Waals surface area contributed by atoms with Gasteiger partial charge in [0.1, 0.15) is 0 Å². The third-order valence-electron chi connectivity index (χ3n) is 1.70. The smallest absolute Gasteiger partial charge is 0.0967 e. The summed E-state index contributed by atoms with van der Waals surface area (Å²) in [4.78, 5) is 0. The number of halogens is 2. The van der Waals surface area contributed by atoms with Crippen LogP contribution in [-0.4, -0.2) is 5.34 Å². The molecule has 0 saturated heterocycles. The second kappa shape index (κ2) is 9.15. The fourth-order valence-electron chi connectivity index (χ4n) is 1.08. The Hall–Kier alpha value is 0.0600. The van der Waals surface area contributed by atoms with Crippen molar-refractivity contribution >= 4 is 23.2 Å². The lowest BCUT2D eigenvalue weighted by molar-refractivity contribution is 0.779. The maximum atomic E-state index is 4.76. The summed E-state index contributed by atoms with van der Waals surface area (Å²) in [6.07, 6.45) is 11.8. The summed E-state index contributed by atoms with van der Waals surface area (Å²) in [6, 6.07) is 0. The van der Waals surface area contributed by atoms with Gasteiger partial charge >= 0.3 is 0 Å². The lowest BCUT2D eigenvalue weighted by atomic mass is 10.1. The summed E-state index contributed by atoms with van der Waals surface area (Å²) in [5.41, 5.74) is 1.61. The molecule has 0 atom stereocenters. The summed E-state index contributed by atoms with van der Waals surface area (Å²) in [7, 11) is 0. The van der Waals surface area contributed by atoms with E-state index in [1.54, 1.807) is 5.57 Å². The molecular formula is C10H16Cl2. The van der Waals surface area contributed by atoms with Gasteiger partial charge in [0, 0.05) is 0 Å². The normalized spacial score (nSPS) is 13.8. The van der Waals surface area contributed by atoms with Crippen LogP contribution in [0.3, 0.4) is 0 Å². The van der Waals surface area contributed by atoms with Crippen LogP contribution in [0.2, 0.25) is 0 Å². The Morgan fingerprint density at radius 3 is 2.50 bits per heavy atom. The molecule has 0 aliphatic heterocycles. The summed E-state index contributed by atoms with van der Waals surface area (Å²) in [5, 5.41) is 0.194. The van der Waals surface area contributed by atoms with Gasteiger partial charge in [0.25, 0.3) is 0 Å². The van der Waals surface area contributed by atoms with Crippen molar-refractivity contribution in [3.8, 4) is 0 Å². The van der Waals surface area contributed by atoms with E-state index in [0.29, 0.717) is 0 Å². The van der Waals surface area contributed by atoms with Crippen LogP contribution in [0.15, 0.2) is 23.8 Å². The maximum Gasteiger partial charge on any atom is 0.0967 e. The Labute approximate surface area is 85.3 Å². The molecule has 0 unspecified atom stereocenters. The van der Waals surface area contributed by atoms with E-state index in [9.17, 15) is 0 Å². The number of hydrogen-bond acceptors (Lipinski definition) is 0. The van der Waals surface area contributed by atoms with E-state index in [2.05, 4.69) is 25.2 Å². The molecule has 12 heavy (non-hydrogen) atoms. The molecule has 0 aromatic carbocycles. The zero-order chi connectivity index (χ0) is 9.23. The third kappa shape index (κ3) is 6.75. The molecule has 0 fully saturated rings. The largest absolute Gasteiger partial charge is 0.109 e. The van der Waals surface area contributed by atoms with Gasteiger partial charge in [-0.3, -0.25) is 0 Å². The van der Waals surface area contributed by atoms with Crippen LogP contribution in [-0.2, 0) is 0 Å². The highest BCUT2D eigenvalue weighted by Gasteiger charge is 1.96. The van der Waals surface area contributed by atoms with Gasteiger partial charge in [0.15, 0.2) is 0 Å². The lowest BCUT2D eigenvalue weighted by Gasteiger charge is -1.96. The van der Waals surface area contributed by atoms with Crippen molar-refractivity contribution in [2.45, 2.75) is 32.6 Å². The van der Waals surface area contributed by atoms with E-state index in [4.69, 9.17) is 23.2 Å². The molecule has 0 spiro atoms. The van der Waals surface area contributed by atoms with Gasteiger partial charge in [0.2, 0.25) is 0 Å². The van der Waals surface area contributed by atoms with Crippen molar-refractivity contribution in [3.05, 3.63) is 23.8 Å². The molecule has 0 heterocycles. The molecule has 0 radical (unpaired) electrons. The number of unbranched alkanes of at least 4 members (excludes halogenated alkanes) is 1. The first-order valence-corrected chi connectivity index (χ1v) is 5.38. The molecule has 0 amide bonds. The first kappa shape index (κ1) is 12.1. The molecule has 70 valence electrons. The predicted octanol–water partition coefficient (Wildman–Crippen LogP) is 4.48. The van der Waals surface area contributed by atoms with Crippen LogP contribution in [0.4, 0.5) is 0 Å². The standard InChI is InChI=1S/C9H14.CH2Cl2/c1-2-3-6-9-7-4-5-8-9;2-1-3/h4-5,7H,2-3,6,8H2,1H3;1H2. The lowest BCUT2D eigenvalue weighted by Crippen LogP contribution is -1.77. The Morgan fingerprint density at radius 1 is 1.42 bits per heavy atom. The van der Waals surface area contributed by atoms with Gasteiger partial charge in [-0.2, -0.15) is 0 Å². The minimum absolute atomic E-state index is 0.194. The monoisotopic (exact) mass is 206 g/mol. The molecule has 1 rings (SSSR count). The van der Waals surface area contributed by atoms with Gasteiger partial charge in [0.05, 0.1) is 5.34 Å². The highest BCUT2D eigenvalue weighted by atomic mass is 35.5. The van der Waals surface area contributed by atoms with Crippen LogP contribution < -0.4 is 0 Å².